The maximum absolute atomic E-state index is 13.6. The van der Waals surface area contributed by atoms with Crippen LogP contribution < -0.4 is 11.1 Å². The topological polar surface area (TPSA) is 111 Å². The molecule has 4 heterocycles. The van der Waals surface area contributed by atoms with Crippen LogP contribution in [0.5, 0.6) is 0 Å². The number of alkyl halides is 5. The first-order valence-electron chi connectivity index (χ1n) is 10.9. The van der Waals surface area contributed by atoms with E-state index >= 15 is 0 Å². The minimum absolute atomic E-state index is 0.00538. The molecular formula is C23H17ClF5N7O. The Bertz CT molecular complexity index is 1540. The Morgan fingerprint density at radius 2 is 1.81 bits per heavy atom. The quantitative estimate of drug-likeness (QED) is 0.353. The average Bonchev–Trinajstić information content (AvgIpc) is 3.34. The van der Waals surface area contributed by atoms with E-state index in [1.807, 2.05) is 0 Å². The number of nitrogens with two attached hydrogens (primary N) is 1. The second kappa shape index (κ2) is 8.33. The van der Waals surface area contributed by atoms with Crippen LogP contribution in [-0.4, -0.2) is 42.3 Å². The smallest absolute Gasteiger partial charge is 0.383 e. The van der Waals surface area contributed by atoms with Gasteiger partial charge in [0.2, 0.25) is 5.91 Å². The normalized spacial score (nSPS) is 17.8. The second-order valence-corrected chi connectivity index (χ2v) is 9.04. The number of amides is 1. The molecule has 0 fully saturated rings. The molecule has 3 N–H and O–H groups in total. The van der Waals surface area contributed by atoms with E-state index < -0.39 is 30.4 Å². The lowest BCUT2D eigenvalue weighted by atomic mass is 9.78. The summed E-state index contributed by atoms with van der Waals surface area (Å²) in [5.41, 5.74) is 5.91. The first kappa shape index (κ1) is 24.8. The number of hydrogen-bond acceptors (Lipinski definition) is 6. The van der Waals surface area contributed by atoms with E-state index in [1.165, 1.54) is 16.8 Å². The van der Waals surface area contributed by atoms with Gasteiger partial charge in [0.25, 0.3) is 0 Å². The number of carbonyl (C=O) groups is 1. The van der Waals surface area contributed by atoms with Crippen LogP contribution >= 0.6 is 11.6 Å². The Morgan fingerprint density at radius 1 is 1.11 bits per heavy atom. The summed E-state index contributed by atoms with van der Waals surface area (Å²) in [5, 5.41) is 2.75. The molecule has 8 nitrogen and oxygen atoms in total. The summed E-state index contributed by atoms with van der Waals surface area (Å²) in [7, 11) is 0. The molecule has 1 atom stereocenters. The van der Waals surface area contributed by atoms with Crippen molar-refractivity contribution in [3.05, 3.63) is 64.7 Å². The van der Waals surface area contributed by atoms with Gasteiger partial charge in [-0.15, -0.1) is 0 Å². The number of benzene rings is 1. The predicted molar refractivity (Wildman–Crippen MR) is 124 cm³/mol. The zero-order valence-electron chi connectivity index (χ0n) is 18.9. The number of aromatic nitrogens is 5. The largest absolute Gasteiger partial charge is 0.453 e. The maximum atomic E-state index is 13.6. The standard InChI is InChI=1S/C23H17ClF5N7O/c1-21(11-5-3-2-4-6-11)15-16(30)33-17(34-18(15)35-20(21)37)13-10-36-14(24)9-31-19(36)12(32-13)7-8-22(25,26)23(27,28)29/h2-6,9-10H,7-8H2,1H3,(H3,30,33,34,35,37)/t21-/m0/s1. The zero-order valence-corrected chi connectivity index (χ0v) is 19.7. The molecule has 5 rings (SSSR count). The lowest BCUT2D eigenvalue weighted by molar-refractivity contribution is -0.284. The Kier molecular flexibility index (Phi) is 5.59. The molecule has 1 aromatic carbocycles. The van der Waals surface area contributed by atoms with Crippen molar-refractivity contribution in [2.75, 3.05) is 11.1 Å². The van der Waals surface area contributed by atoms with Crippen molar-refractivity contribution < 1.29 is 26.7 Å². The molecule has 192 valence electrons. The number of nitrogen functional groups attached to an aromatic ring is 1. The minimum Gasteiger partial charge on any atom is -0.383 e. The van der Waals surface area contributed by atoms with Crippen LogP contribution in [-0.2, 0) is 16.6 Å². The van der Waals surface area contributed by atoms with Crippen LogP contribution in [0.3, 0.4) is 0 Å². The van der Waals surface area contributed by atoms with Gasteiger partial charge in [-0.2, -0.15) is 22.0 Å². The molecule has 0 aliphatic carbocycles. The van der Waals surface area contributed by atoms with Gasteiger partial charge in [-0.05, 0) is 18.9 Å². The first-order valence-corrected chi connectivity index (χ1v) is 11.2. The van der Waals surface area contributed by atoms with E-state index in [4.69, 9.17) is 17.3 Å². The number of anilines is 2. The second-order valence-electron chi connectivity index (χ2n) is 8.65. The predicted octanol–water partition coefficient (Wildman–Crippen LogP) is 4.81. The van der Waals surface area contributed by atoms with Crippen LogP contribution in [0.25, 0.3) is 17.2 Å². The van der Waals surface area contributed by atoms with Crippen LogP contribution in [0.2, 0.25) is 5.15 Å². The summed E-state index contributed by atoms with van der Waals surface area (Å²) in [6.45, 7) is 1.68. The molecular weight excluding hydrogens is 521 g/mol. The minimum atomic E-state index is -5.71. The third-order valence-electron chi connectivity index (χ3n) is 6.31. The Balaban J connectivity index is 1.60. The van der Waals surface area contributed by atoms with Crippen molar-refractivity contribution in [2.24, 2.45) is 0 Å². The van der Waals surface area contributed by atoms with Gasteiger partial charge in [0.1, 0.15) is 27.9 Å². The summed E-state index contributed by atoms with van der Waals surface area (Å²) in [6.07, 6.45) is -5.47. The van der Waals surface area contributed by atoms with E-state index in [1.54, 1.807) is 37.3 Å². The number of halogens is 6. The van der Waals surface area contributed by atoms with Crippen molar-refractivity contribution in [1.29, 1.82) is 0 Å². The molecule has 3 aromatic heterocycles. The average molecular weight is 538 g/mol. The molecule has 0 unspecified atom stereocenters. The van der Waals surface area contributed by atoms with Gasteiger partial charge in [0.05, 0.1) is 17.5 Å². The number of nitrogens with zero attached hydrogens (tertiary/aromatic N) is 5. The number of nitrogens with one attached hydrogen (secondary N) is 1. The summed E-state index contributed by atoms with van der Waals surface area (Å²) in [4.78, 5) is 29.9. The van der Waals surface area contributed by atoms with Gasteiger partial charge in [-0.1, -0.05) is 41.9 Å². The number of rotatable bonds is 5. The first-order chi connectivity index (χ1) is 17.3. The lowest BCUT2D eigenvalue weighted by Gasteiger charge is -2.23. The highest BCUT2D eigenvalue weighted by molar-refractivity contribution is 6.29. The van der Waals surface area contributed by atoms with Gasteiger partial charge in [0, 0.05) is 12.6 Å². The van der Waals surface area contributed by atoms with Crippen molar-refractivity contribution >= 4 is 34.8 Å². The van der Waals surface area contributed by atoms with Crippen molar-refractivity contribution in [2.45, 2.75) is 37.3 Å². The fourth-order valence-electron chi connectivity index (χ4n) is 4.28. The number of carbonyl (C=O) groups excluding carboxylic acids is 1. The van der Waals surface area contributed by atoms with Gasteiger partial charge >= 0.3 is 12.1 Å². The highest BCUT2D eigenvalue weighted by atomic mass is 35.5. The molecule has 1 amide bonds. The molecule has 37 heavy (non-hydrogen) atoms. The van der Waals surface area contributed by atoms with E-state index in [9.17, 15) is 26.7 Å². The molecule has 4 aromatic rings. The van der Waals surface area contributed by atoms with Gasteiger partial charge < -0.3 is 11.1 Å². The summed E-state index contributed by atoms with van der Waals surface area (Å²) >= 11 is 6.14. The van der Waals surface area contributed by atoms with Crippen LogP contribution in [0.1, 0.15) is 30.2 Å². The molecule has 0 spiro atoms. The van der Waals surface area contributed by atoms with Crippen LogP contribution in [0.15, 0.2) is 42.7 Å². The molecule has 1 aliphatic rings. The molecule has 1 aliphatic heterocycles. The van der Waals surface area contributed by atoms with Crippen LogP contribution in [0, 0.1) is 0 Å². The molecule has 14 heteroatoms. The molecule has 0 saturated carbocycles. The molecule has 0 bridgehead atoms. The van der Waals surface area contributed by atoms with E-state index in [0.29, 0.717) is 11.1 Å². The van der Waals surface area contributed by atoms with Gasteiger partial charge in [-0.3, -0.25) is 9.20 Å². The number of fused-ring (bicyclic) bond motifs is 2. The maximum Gasteiger partial charge on any atom is 0.453 e. The monoisotopic (exact) mass is 537 g/mol. The fourth-order valence-corrected chi connectivity index (χ4v) is 4.46. The van der Waals surface area contributed by atoms with E-state index in [-0.39, 0.29) is 45.6 Å². The van der Waals surface area contributed by atoms with Crippen LogP contribution in [0.4, 0.5) is 33.6 Å². The van der Waals surface area contributed by atoms with Gasteiger partial charge in [0.15, 0.2) is 11.5 Å². The highest BCUT2D eigenvalue weighted by Gasteiger charge is 2.56. The van der Waals surface area contributed by atoms with E-state index in [2.05, 4.69) is 25.3 Å². The molecule has 0 radical (unpaired) electrons. The Morgan fingerprint density at radius 3 is 2.49 bits per heavy atom. The highest BCUT2D eigenvalue weighted by Crippen LogP contribution is 2.45. The van der Waals surface area contributed by atoms with E-state index in [0.717, 1.165) is 0 Å². The van der Waals surface area contributed by atoms with Crippen molar-refractivity contribution in [3.63, 3.8) is 0 Å². The lowest BCUT2D eigenvalue weighted by Crippen LogP contribution is -2.36. The summed E-state index contributed by atoms with van der Waals surface area (Å²) in [6, 6.07) is 8.88. The summed E-state index contributed by atoms with van der Waals surface area (Å²) in [5.74, 6) is -5.32. The van der Waals surface area contributed by atoms with Crippen molar-refractivity contribution in [1.82, 2.24) is 24.3 Å². The fraction of sp³-hybridized carbons (Fsp3) is 0.261. The number of hydrogen-bond donors (Lipinski definition) is 2. The van der Waals surface area contributed by atoms with Crippen molar-refractivity contribution in [3.8, 4) is 11.5 Å². The van der Waals surface area contributed by atoms with Gasteiger partial charge in [-0.25, -0.2) is 19.9 Å². The Labute approximate surface area is 210 Å². The molecule has 0 saturated heterocycles. The Hall–Kier alpha value is -3.87. The third-order valence-corrected chi connectivity index (χ3v) is 6.59. The number of aryl methyl sites for hydroxylation is 1. The SMILES string of the molecule is C[C@@]1(c2ccccc2)C(=O)Nc2nc(-c3cn4c(Cl)cnc4c(CCC(F)(F)C(F)(F)F)n3)nc(N)c21. The summed E-state index contributed by atoms with van der Waals surface area (Å²) < 4.78 is 66.6. The third kappa shape index (κ3) is 3.93. The number of imidazole rings is 1. The zero-order chi connectivity index (χ0) is 26.8.